The van der Waals surface area contributed by atoms with Crippen LogP contribution in [-0.2, 0) is 9.53 Å². The average molecular weight is 212 g/mol. The molecule has 2 N–H and O–H groups in total. The van der Waals surface area contributed by atoms with Crippen molar-refractivity contribution in [2.45, 2.75) is 19.8 Å². The van der Waals surface area contributed by atoms with E-state index in [-0.39, 0.29) is 11.3 Å². The van der Waals surface area contributed by atoms with Crippen molar-refractivity contribution in [2.24, 2.45) is 11.3 Å². The van der Waals surface area contributed by atoms with Crippen LogP contribution in [0.4, 0.5) is 0 Å². The van der Waals surface area contributed by atoms with Gasteiger partial charge in [0.25, 0.3) is 0 Å². The molecule has 4 nitrogen and oxygen atoms in total. The predicted octanol–water partition coefficient (Wildman–Crippen LogP) is 0.139. The van der Waals surface area contributed by atoms with Gasteiger partial charge in [0.05, 0.1) is 12.0 Å². The first-order valence-corrected chi connectivity index (χ1v) is 5.77. The molecule has 2 saturated heterocycles. The normalized spacial score (nSPS) is 35.7. The Labute approximate surface area is 90.8 Å². The molecular formula is C11H20N2O2. The van der Waals surface area contributed by atoms with E-state index in [1.165, 1.54) is 0 Å². The maximum absolute atomic E-state index is 11.9. The summed E-state index contributed by atoms with van der Waals surface area (Å²) in [5.74, 6) is 0.714. The average Bonchev–Trinajstić information content (AvgIpc) is 2.85. The molecule has 2 aliphatic rings. The van der Waals surface area contributed by atoms with Crippen molar-refractivity contribution in [2.75, 3.05) is 32.8 Å². The minimum Gasteiger partial charge on any atom is -0.381 e. The highest BCUT2D eigenvalue weighted by molar-refractivity contribution is 5.82. The second-order valence-electron chi connectivity index (χ2n) is 4.93. The number of amides is 1. The van der Waals surface area contributed by atoms with Crippen molar-refractivity contribution in [1.29, 1.82) is 0 Å². The molecule has 0 bridgehead atoms. The summed E-state index contributed by atoms with van der Waals surface area (Å²) in [4.78, 5) is 11.9. The summed E-state index contributed by atoms with van der Waals surface area (Å²) in [5, 5.41) is 6.28. The van der Waals surface area contributed by atoms with Crippen LogP contribution >= 0.6 is 0 Å². The zero-order valence-corrected chi connectivity index (χ0v) is 9.34. The molecule has 2 heterocycles. The highest BCUT2D eigenvalue weighted by Gasteiger charge is 2.36. The van der Waals surface area contributed by atoms with Crippen LogP contribution in [0.25, 0.3) is 0 Å². The standard InChI is InChI=1S/C11H20N2O2/c1-11(3-4-12-8-11)10(14)13-6-9-2-5-15-7-9/h9,12H,2-8H2,1H3,(H,13,14). The number of carbonyl (C=O) groups excluding carboxylic acids is 1. The summed E-state index contributed by atoms with van der Waals surface area (Å²) < 4.78 is 5.28. The van der Waals surface area contributed by atoms with Gasteiger partial charge in [0.2, 0.25) is 5.91 Å². The third-order valence-corrected chi connectivity index (χ3v) is 3.49. The van der Waals surface area contributed by atoms with Crippen LogP contribution in [-0.4, -0.2) is 38.8 Å². The van der Waals surface area contributed by atoms with E-state index in [0.717, 1.165) is 45.7 Å². The van der Waals surface area contributed by atoms with Gasteiger partial charge in [0.1, 0.15) is 0 Å². The molecule has 4 heteroatoms. The Kier molecular flexibility index (Phi) is 3.26. The minimum atomic E-state index is -0.195. The maximum atomic E-state index is 11.9. The quantitative estimate of drug-likeness (QED) is 0.699. The van der Waals surface area contributed by atoms with Crippen LogP contribution in [0.2, 0.25) is 0 Å². The predicted molar refractivity (Wildman–Crippen MR) is 57.5 cm³/mol. The van der Waals surface area contributed by atoms with E-state index >= 15 is 0 Å². The van der Waals surface area contributed by atoms with Gasteiger partial charge in [-0.3, -0.25) is 4.79 Å². The van der Waals surface area contributed by atoms with E-state index in [1.807, 2.05) is 6.92 Å². The van der Waals surface area contributed by atoms with Crippen molar-refractivity contribution in [3.05, 3.63) is 0 Å². The fourth-order valence-electron chi connectivity index (χ4n) is 2.21. The van der Waals surface area contributed by atoms with Gasteiger partial charge in [-0.1, -0.05) is 0 Å². The highest BCUT2D eigenvalue weighted by atomic mass is 16.5. The van der Waals surface area contributed by atoms with Gasteiger partial charge < -0.3 is 15.4 Å². The van der Waals surface area contributed by atoms with Crippen molar-refractivity contribution >= 4 is 5.91 Å². The lowest BCUT2D eigenvalue weighted by molar-refractivity contribution is -0.129. The fraction of sp³-hybridized carbons (Fsp3) is 0.909. The van der Waals surface area contributed by atoms with Crippen LogP contribution in [0.1, 0.15) is 19.8 Å². The van der Waals surface area contributed by atoms with Gasteiger partial charge in [0.15, 0.2) is 0 Å². The largest absolute Gasteiger partial charge is 0.381 e. The third-order valence-electron chi connectivity index (χ3n) is 3.49. The lowest BCUT2D eigenvalue weighted by atomic mass is 9.88. The Morgan fingerprint density at radius 2 is 2.53 bits per heavy atom. The Morgan fingerprint density at radius 3 is 3.13 bits per heavy atom. The minimum absolute atomic E-state index is 0.194. The lowest BCUT2D eigenvalue weighted by Crippen LogP contribution is -2.42. The maximum Gasteiger partial charge on any atom is 0.227 e. The SMILES string of the molecule is CC1(C(=O)NCC2CCOC2)CCNC1. The van der Waals surface area contributed by atoms with Crippen molar-refractivity contribution < 1.29 is 9.53 Å². The molecular weight excluding hydrogens is 192 g/mol. The van der Waals surface area contributed by atoms with Crippen LogP contribution in [0.15, 0.2) is 0 Å². The molecule has 0 aromatic rings. The molecule has 0 aromatic carbocycles. The smallest absolute Gasteiger partial charge is 0.227 e. The molecule has 2 unspecified atom stereocenters. The molecule has 0 radical (unpaired) electrons. The molecule has 15 heavy (non-hydrogen) atoms. The molecule has 2 rings (SSSR count). The van der Waals surface area contributed by atoms with Gasteiger partial charge in [-0.25, -0.2) is 0 Å². The number of nitrogens with one attached hydrogen (secondary N) is 2. The molecule has 1 amide bonds. The Bertz CT molecular complexity index is 231. The van der Waals surface area contributed by atoms with Crippen molar-refractivity contribution in [3.8, 4) is 0 Å². The Balaban J connectivity index is 1.76. The van der Waals surface area contributed by atoms with Crippen LogP contribution in [0.5, 0.6) is 0 Å². The summed E-state index contributed by atoms with van der Waals surface area (Å²) >= 11 is 0. The number of rotatable bonds is 3. The molecule has 0 spiro atoms. The lowest BCUT2D eigenvalue weighted by Gasteiger charge is -2.22. The van der Waals surface area contributed by atoms with Crippen molar-refractivity contribution in [3.63, 3.8) is 0 Å². The van der Waals surface area contributed by atoms with Crippen LogP contribution in [0, 0.1) is 11.3 Å². The molecule has 2 aliphatic heterocycles. The number of hydrogen-bond donors (Lipinski definition) is 2. The molecule has 86 valence electrons. The monoisotopic (exact) mass is 212 g/mol. The summed E-state index contributed by atoms with van der Waals surface area (Å²) in [6.07, 6.45) is 2.02. The number of ether oxygens (including phenoxy) is 1. The van der Waals surface area contributed by atoms with E-state index in [1.54, 1.807) is 0 Å². The van der Waals surface area contributed by atoms with E-state index in [4.69, 9.17) is 4.74 Å². The Hall–Kier alpha value is -0.610. The van der Waals surface area contributed by atoms with E-state index in [2.05, 4.69) is 10.6 Å². The summed E-state index contributed by atoms with van der Waals surface area (Å²) in [6.45, 7) is 6.22. The first-order valence-electron chi connectivity index (χ1n) is 5.77. The summed E-state index contributed by atoms with van der Waals surface area (Å²) in [7, 11) is 0. The number of carbonyl (C=O) groups is 1. The second-order valence-corrected chi connectivity index (χ2v) is 4.93. The first-order chi connectivity index (χ1) is 7.21. The van der Waals surface area contributed by atoms with Crippen LogP contribution in [0.3, 0.4) is 0 Å². The third kappa shape index (κ3) is 2.49. The summed E-state index contributed by atoms with van der Waals surface area (Å²) in [5.41, 5.74) is -0.195. The molecule has 0 aliphatic carbocycles. The fourth-order valence-corrected chi connectivity index (χ4v) is 2.21. The zero-order chi connectivity index (χ0) is 10.7. The van der Waals surface area contributed by atoms with Gasteiger partial charge in [0, 0.05) is 25.6 Å². The van der Waals surface area contributed by atoms with E-state index < -0.39 is 0 Å². The highest BCUT2D eigenvalue weighted by Crippen LogP contribution is 2.24. The van der Waals surface area contributed by atoms with E-state index in [9.17, 15) is 4.79 Å². The first kappa shape index (κ1) is 10.9. The molecule has 2 atom stereocenters. The zero-order valence-electron chi connectivity index (χ0n) is 9.34. The second kappa shape index (κ2) is 4.49. The Morgan fingerprint density at radius 1 is 1.67 bits per heavy atom. The van der Waals surface area contributed by atoms with Crippen molar-refractivity contribution in [1.82, 2.24) is 10.6 Å². The summed E-state index contributed by atoms with van der Waals surface area (Å²) in [6, 6.07) is 0. The van der Waals surface area contributed by atoms with Gasteiger partial charge in [-0.15, -0.1) is 0 Å². The van der Waals surface area contributed by atoms with Crippen LogP contribution < -0.4 is 10.6 Å². The van der Waals surface area contributed by atoms with E-state index in [0.29, 0.717) is 5.92 Å². The van der Waals surface area contributed by atoms with Gasteiger partial charge in [-0.2, -0.15) is 0 Å². The number of hydrogen-bond acceptors (Lipinski definition) is 3. The molecule has 0 aromatic heterocycles. The van der Waals surface area contributed by atoms with Gasteiger partial charge in [-0.05, 0) is 26.3 Å². The van der Waals surface area contributed by atoms with Gasteiger partial charge >= 0.3 is 0 Å². The molecule has 2 fully saturated rings. The topological polar surface area (TPSA) is 50.4 Å². The molecule has 0 saturated carbocycles.